The van der Waals surface area contributed by atoms with Gasteiger partial charge in [0.2, 0.25) is 5.91 Å². The fourth-order valence-corrected chi connectivity index (χ4v) is 8.19. The van der Waals surface area contributed by atoms with Crippen molar-refractivity contribution in [1.29, 1.82) is 0 Å². The number of nitrogens with one attached hydrogen (secondary N) is 2. The Balaban J connectivity index is 1.37. The molecule has 2 aliphatic carbocycles. The Kier molecular flexibility index (Phi) is 5.01. The number of carbonyl (C=O) groups excluding carboxylic acids is 1. The van der Waals surface area contributed by atoms with Gasteiger partial charge >= 0.3 is 0 Å². The molecule has 0 bridgehead atoms. The first-order chi connectivity index (χ1) is 19.3. The van der Waals surface area contributed by atoms with Gasteiger partial charge in [-0.2, -0.15) is 10.2 Å². The minimum atomic E-state index is -1.05. The Morgan fingerprint density at radius 3 is 2.70 bits per heavy atom. The van der Waals surface area contributed by atoms with Gasteiger partial charge in [-0.05, 0) is 49.8 Å². The first kappa shape index (κ1) is 24.0. The number of carbonyl (C=O) groups is 1. The Hall–Kier alpha value is -3.83. The van der Waals surface area contributed by atoms with Gasteiger partial charge in [0.25, 0.3) is 0 Å². The lowest BCUT2D eigenvalue weighted by Gasteiger charge is -2.24. The smallest absolute Gasteiger partial charge is 0.237 e. The molecule has 2 unspecified atom stereocenters. The predicted molar refractivity (Wildman–Crippen MR) is 155 cm³/mol. The molecule has 2 fully saturated rings. The Labute approximate surface area is 233 Å². The van der Waals surface area contributed by atoms with Crippen LogP contribution in [-0.4, -0.2) is 58.0 Å². The summed E-state index contributed by atoms with van der Waals surface area (Å²) in [6.45, 7) is 0. The molecule has 5 aromatic rings. The number of rotatable bonds is 5. The van der Waals surface area contributed by atoms with Crippen molar-refractivity contribution in [2.24, 2.45) is 14.1 Å². The van der Waals surface area contributed by atoms with Crippen molar-refractivity contribution in [3.8, 4) is 22.4 Å². The molecule has 0 radical (unpaired) electrons. The van der Waals surface area contributed by atoms with E-state index in [1.165, 1.54) is 0 Å². The number of hydrogen-bond donors (Lipinski definition) is 2. The summed E-state index contributed by atoms with van der Waals surface area (Å²) in [6, 6.07) is 6.40. The summed E-state index contributed by atoms with van der Waals surface area (Å²) in [6.07, 6.45) is 11.7. The largest absolute Gasteiger partial charge is 0.339 e. The number of aromatic nitrogens is 6. The van der Waals surface area contributed by atoms with Crippen LogP contribution in [0.4, 0.5) is 5.69 Å². The van der Waals surface area contributed by atoms with Gasteiger partial charge in [0.05, 0.1) is 51.9 Å². The molecule has 8 rings (SSSR count). The van der Waals surface area contributed by atoms with E-state index in [4.69, 9.17) is 4.98 Å². The maximum Gasteiger partial charge on any atom is 0.237 e. The second kappa shape index (κ2) is 8.34. The van der Waals surface area contributed by atoms with Crippen LogP contribution in [-0.2, 0) is 35.3 Å². The lowest BCUT2D eigenvalue weighted by Crippen LogP contribution is -2.39. The highest BCUT2D eigenvalue weighted by Gasteiger charge is 2.55. The van der Waals surface area contributed by atoms with Gasteiger partial charge in [0.15, 0.2) is 0 Å². The number of hydrogen-bond acceptors (Lipinski definition) is 5. The molecule has 3 aliphatic rings. The summed E-state index contributed by atoms with van der Waals surface area (Å²) in [7, 11) is 4.65. The number of benzene rings is 1. The molecule has 3 atom stereocenters. The number of nitrogens with zero attached hydrogens (tertiary/aromatic N) is 6. The molecular formula is C29H30N8O2S. The molecule has 40 heavy (non-hydrogen) atoms. The van der Waals surface area contributed by atoms with Crippen LogP contribution in [0.25, 0.3) is 44.3 Å². The van der Waals surface area contributed by atoms with E-state index in [0.29, 0.717) is 12.8 Å². The maximum absolute atomic E-state index is 14.1. The molecule has 1 aliphatic heterocycles. The van der Waals surface area contributed by atoms with Gasteiger partial charge in [-0.25, -0.2) is 13.9 Å². The highest BCUT2D eigenvalue weighted by Crippen LogP contribution is 2.55. The van der Waals surface area contributed by atoms with Gasteiger partial charge in [-0.3, -0.25) is 14.2 Å². The fraction of sp³-hybridized carbons (Fsp3) is 0.379. The summed E-state index contributed by atoms with van der Waals surface area (Å²) >= 11 is 0. The van der Waals surface area contributed by atoms with Crippen LogP contribution < -0.4 is 9.62 Å². The summed E-state index contributed by atoms with van der Waals surface area (Å²) in [4.78, 5) is 24.3. The van der Waals surface area contributed by atoms with Crippen LogP contribution in [0.2, 0.25) is 0 Å². The minimum absolute atomic E-state index is 0.0277. The van der Waals surface area contributed by atoms with Crippen molar-refractivity contribution >= 4 is 44.5 Å². The normalized spacial score (nSPS) is 23.2. The van der Waals surface area contributed by atoms with Crippen molar-refractivity contribution in [2.75, 3.05) is 11.9 Å². The van der Waals surface area contributed by atoms with E-state index in [9.17, 15) is 9.00 Å². The molecular weight excluding hydrogens is 524 g/mol. The number of amides is 1. The Morgan fingerprint density at radius 1 is 1.07 bits per heavy atom. The third kappa shape index (κ3) is 3.34. The van der Waals surface area contributed by atoms with Crippen LogP contribution in [0.3, 0.4) is 0 Å². The van der Waals surface area contributed by atoms with Crippen LogP contribution in [0.5, 0.6) is 0 Å². The third-order valence-electron chi connectivity index (χ3n) is 9.01. The summed E-state index contributed by atoms with van der Waals surface area (Å²) in [5.74, 6) is 0.0936. The van der Waals surface area contributed by atoms with E-state index in [1.807, 2.05) is 50.6 Å². The first-order valence-corrected chi connectivity index (χ1v) is 15.0. The van der Waals surface area contributed by atoms with E-state index in [0.717, 1.165) is 74.8 Å². The molecule has 11 heteroatoms. The van der Waals surface area contributed by atoms with Crippen LogP contribution in [0.15, 0.2) is 43.0 Å². The van der Waals surface area contributed by atoms with E-state index >= 15 is 0 Å². The molecule has 10 nitrogen and oxygen atoms in total. The molecule has 1 amide bonds. The molecule has 4 aromatic heterocycles. The zero-order chi connectivity index (χ0) is 27.3. The molecule has 204 valence electrons. The summed E-state index contributed by atoms with van der Waals surface area (Å²) in [5, 5.41) is 11.2. The molecule has 1 aromatic carbocycles. The molecule has 5 heterocycles. The number of likely N-dealkylation sites (N-methyl/N-ethyl adjacent to an activating group) is 1. The SMILES string of the molecule is CN1C(=O)[C@@]2(CCC(NS(=O)C3CC3)C2)c2c1cnc1[nH]c(-c3cnn(C)c3)c(-c3ccc4c(cnn4C)c3)c21. The van der Waals surface area contributed by atoms with Crippen molar-refractivity contribution in [3.05, 3.63) is 48.5 Å². The fourth-order valence-electron chi connectivity index (χ4n) is 6.91. The second-order valence-electron chi connectivity index (χ2n) is 11.6. The van der Waals surface area contributed by atoms with Gasteiger partial charge in [-0.1, -0.05) is 6.07 Å². The first-order valence-electron chi connectivity index (χ1n) is 13.8. The Bertz CT molecular complexity index is 1880. The van der Waals surface area contributed by atoms with Crippen LogP contribution in [0, 0.1) is 0 Å². The number of aryl methyl sites for hydroxylation is 2. The number of fused-ring (bicyclic) bond motifs is 5. The minimum Gasteiger partial charge on any atom is -0.339 e. The standard InChI is InChI=1S/C29H30N8O2S/c1-35-15-18(13-31-35)26-23(16-4-7-21-17(10-16)12-32-37(21)3)24-25-22(14-30-27(24)33-26)36(2)28(38)29(25)9-8-19(11-29)34-40(39)20-5-6-20/h4,7,10,12-15,19-20,34H,5-6,8-9,11H2,1-3H3,(H,30,33)/t19?,29-,40?/m1/s1. The van der Waals surface area contributed by atoms with E-state index < -0.39 is 16.4 Å². The van der Waals surface area contributed by atoms with Crippen molar-refractivity contribution in [3.63, 3.8) is 0 Å². The number of aromatic amines is 1. The Morgan fingerprint density at radius 2 is 1.93 bits per heavy atom. The summed E-state index contributed by atoms with van der Waals surface area (Å²) < 4.78 is 19.8. The van der Waals surface area contributed by atoms with Gasteiger partial charge in [-0.15, -0.1) is 0 Å². The average molecular weight is 555 g/mol. The average Bonchev–Trinajstić information content (AvgIpc) is 3.20. The highest BCUT2D eigenvalue weighted by molar-refractivity contribution is 7.84. The molecule has 1 spiro atoms. The zero-order valence-electron chi connectivity index (χ0n) is 22.6. The van der Waals surface area contributed by atoms with Crippen molar-refractivity contribution < 1.29 is 9.00 Å². The lowest BCUT2D eigenvalue weighted by molar-refractivity contribution is -0.122. The number of anilines is 1. The molecule has 2 N–H and O–H groups in total. The second-order valence-corrected chi connectivity index (χ2v) is 13.1. The van der Waals surface area contributed by atoms with Crippen molar-refractivity contribution in [2.45, 2.75) is 48.8 Å². The van der Waals surface area contributed by atoms with E-state index in [-0.39, 0.29) is 17.2 Å². The topological polar surface area (TPSA) is 114 Å². The third-order valence-corrected chi connectivity index (χ3v) is 10.7. The van der Waals surface area contributed by atoms with E-state index in [2.05, 4.69) is 38.1 Å². The highest BCUT2D eigenvalue weighted by atomic mass is 32.2. The van der Waals surface area contributed by atoms with Crippen molar-refractivity contribution in [1.82, 2.24) is 34.3 Å². The monoisotopic (exact) mass is 554 g/mol. The quantitative estimate of drug-likeness (QED) is 0.344. The number of H-pyrrole nitrogens is 1. The predicted octanol–water partition coefficient (Wildman–Crippen LogP) is 3.70. The van der Waals surface area contributed by atoms with Gasteiger partial charge in [0, 0.05) is 66.1 Å². The zero-order valence-corrected chi connectivity index (χ0v) is 23.5. The lowest BCUT2D eigenvalue weighted by atomic mass is 9.77. The maximum atomic E-state index is 14.1. The number of pyridine rings is 1. The van der Waals surface area contributed by atoms with E-state index in [1.54, 1.807) is 9.58 Å². The van der Waals surface area contributed by atoms with Gasteiger partial charge in [0.1, 0.15) is 5.65 Å². The van der Waals surface area contributed by atoms with Gasteiger partial charge < -0.3 is 9.88 Å². The summed E-state index contributed by atoms with van der Waals surface area (Å²) in [5.41, 5.74) is 6.90. The molecule has 2 saturated carbocycles. The van der Waals surface area contributed by atoms with Crippen LogP contribution >= 0.6 is 0 Å². The van der Waals surface area contributed by atoms with Crippen LogP contribution in [0.1, 0.15) is 37.7 Å². The molecule has 0 saturated heterocycles.